The van der Waals surface area contributed by atoms with Crippen molar-refractivity contribution >= 4 is 23.3 Å². The van der Waals surface area contributed by atoms with Crippen LogP contribution in [0.25, 0.3) is 0 Å². The molecule has 2 amide bonds. The van der Waals surface area contributed by atoms with Crippen molar-refractivity contribution < 1.29 is 9.59 Å². The van der Waals surface area contributed by atoms with Crippen LogP contribution >= 0.6 is 0 Å². The van der Waals surface area contributed by atoms with Crippen LogP contribution in [0.2, 0.25) is 0 Å². The molecule has 8 nitrogen and oxygen atoms in total. The molecule has 2 aliphatic heterocycles. The van der Waals surface area contributed by atoms with E-state index in [4.69, 9.17) is 0 Å². The van der Waals surface area contributed by atoms with Crippen molar-refractivity contribution in [1.82, 2.24) is 20.2 Å². The van der Waals surface area contributed by atoms with Crippen molar-refractivity contribution in [2.45, 2.75) is 13.5 Å². The fourth-order valence-corrected chi connectivity index (χ4v) is 3.45. The Labute approximate surface area is 169 Å². The van der Waals surface area contributed by atoms with Crippen LogP contribution in [0.3, 0.4) is 0 Å². The van der Waals surface area contributed by atoms with Crippen LogP contribution in [0.1, 0.15) is 11.1 Å². The summed E-state index contributed by atoms with van der Waals surface area (Å²) in [6.07, 6.45) is 3.64. The number of carbonyl (C=O) groups excluding carboxylic acids is 2. The molecule has 0 radical (unpaired) electrons. The van der Waals surface area contributed by atoms with Gasteiger partial charge in [-0.1, -0.05) is 23.8 Å². The second-order valence-electron chi connectivity index (χ2n) is 7.27. The number of amides is 2. The lowest BCUT2D eigenvalue weighted by Crippen LogP contribution is -2.58. The maximum absolute atomic E-state index is 12.9. The van der Waals surface area contributed by atoms with Crippen LogP contribution in [0.5, 0.6) is 0 Å². The Balaban J connectivity index is 1.36. The topological polar surface area (TPSA) is 81.1 Å². The SMILES string of the molecule is Cc1ccc(N2NC(C(=O)N3CCN(Cc4cccnc4)CC3)=NCC2=O)cc1. The lowest BCUT2D eigenvalue weighted by atomic mass is 10.2. The predicted octanol–water partition coefficient (Wildman–Crippen LogP) is 0.984. The third kappa shape index (κ3) is 4.43. The summed E-state index contributed by atoms with van der Waals surface area (Å²) in [4.78, 5) is 37.6. The van der Waals surface area contributed by atoms with Gasteiger partial charge in [0, 0.05) is 45.1 Å². The molecule has 0 spiro atoms. The first-order valence-corrected chi connectivity index (χ1v) is 9.71. The van der Waals surface area contributed by atoms with Crippen molar-refractivity contribution in [3.63, 3.8) is 0 Å². The maximum atomic E-state index is 12.9. The summed E-state index contributed by atoms with van der Waals surface area (Å²) < 4.78 is 0. The lowest BCUT2D eigenvalue weighted by molar-refractivity contribution is -0.126. The molecule has 1 aromatic carbocycles. The number of carbonyl (C=O) groups is 2. The number of nitrogens with zero attached hydrogens (tertiary/aromatic N) is 5. The second-order valence-corrected chi connectivity index (χ2v) is 7.27. The number of hydrogen-bond donors (Lipinski definition) is 1. The van der Waals surface area contributed by atoms with E-state index in [1.54, 1.807) is 11.1 Å². The largest absolute Gasteiger partial charge is 0.333 e. The van der Waals surface area contributed by atoms with E-state index in [1.165, 1.54) is 5.01 Å². The van der Waals surface area contributed by atoms with Gasteiger partial charge in [-0.25, -0.2) is 5.01 Å². The average Bonchev–Trinajstić information content (AvgIpc) is 2.76. The van der Waals surface area contributed by atoms with Gasteiger partial charge in [-0.3, -0.25) is 29.9 Å². The minimum atomic E-state index is -0.188. The van der Waals surface area contributed by atoms with Crippen LogP contribution in [-0.4, -0.2) is 65.2 Å². The number of aryl methyl sites for hydroxylation is 1. The smallest absolute Gasteiger partial charge is 0.290 e. The first kappa shape index (κ1) is 19.1. The van der Waals surface area contributed by atoms with Gasteiger partial charge in [-0.05, 0) is 30.7 Å². The number of piperazine rings is 1. The number of pyridine rings is 1. The minimum absolute atomic E-state index is 0.0388. The Hall–Kier alpha value is -3.26. The van der Waals surface area contributed by atoms with Crippen molar-refractivity contribution in [1.29, 1.82) is 0 Å². The quantitative estimate of drug-likeness (QED) is 0.839. The Morgan fingerprint density at radius 2 is 1.86 bits per heavy atom. The van der Waals surface area contributed by atoms with Crippen LogP contribution < -0.4 is 10.4 Å². The molecule has 1 fully saturated rings. The Morgan fingerprint density at radius 3 is 2.55 bits per heavy atom. The highest BCUT2D eigenvalue weighted by atomic mass is 16.2. The third-order valence-electron chi connectivity index (χ3n) is 5.12. The van der Waals surface area contributed by atoms with E-state index in [0.29, 0.717) is 18.8 Å². The molecule has 1 saturated heterocycles. The molecule has 0 aliphatic carbocycles. The zero-order valence-electron chi connectivity index (χ0n) is 16.4. The summed E-state index contributed by atoms with van der Waals surface area (Å²) in [6.45, 7) is 5.59. The van der Waals surface area contributed by atoms with Gasteiger partial charge in [0.15, 0.2) is 0 Å². The Bertz CT molecular complexity index is 905. The van der Waals surface area contributed by atoms with E-state index >= 15 is 0 Å². The highest BCUT2D eigenvalue weighted by Crippen LogP contribution is 2.16. The summed E-state index contributed by atoms with van der Waals surface area (Å²) in [7, 11) is 0. The van der Waals surface area contributed by atoms with Gasteiger partial charge in [0.05, 0.1) is 5.69 Å². The highest BCUT2D eigenvalue weighted by Gasteiger charge is 2.30. The van der Waals surface area contributed by atoms with Crippen LogP contribution in [0.15, 0.2) is 53.8 Å². The van der Waals surface area contributed by atoms with E-state index in [9.17, 15) is 9.59 Å². The molecule has 1 N–H and O–H groups in total. The number of nitrogens with one attached hydrogen (secondary N) is 1. The predicted molar refractivity (Wildman–Crippen MR) is 110 cm³/mol. The Kier molecular flexibility index (Phi) is 5.53. The number of benzene rings is 1. The number of anilines is 1. The molecule has 4 rings (SSSR count). The second kappa shape index (κ2) is 8.40. The first-order chi connectivity index (χ1) is 14.1. The van der Waals surface area contributed by atoms with Crippen LogP contribution in [0.4, 0.5) is 5.69 Å². The molecule has 3 heterocycles. The average molecular weight is 392 g/mol. The molecule has 0 saturated carbocycles. The lowest BCUT2D eigenvalue weighted by Gasteiger charge is -2.36. The molecule has 0 unspecified atom stereocenters. The summed E-state index contributed by atoms with van der Waals surface area (Å²) in [6, 6.07) is 11.6. The van der Waals surface area contributed by atoms with E-state index in [1.807, 2.05) is 43.5 Å². The van der Waals surface area contributed by atoms with Gasteiger partial charge in [0.1, 0.15) is 6.54 Å². The fraction of sp³-hybridized carbons (Fsp3) is 0.333. The standard InChI is InChI=1S/C21H24N6O2/c1-16-4-6-18(7-5-16)27-19(28)14-23-20(24-27)21(29)26-11-9-25(10-12-26)15-17-3-2-8-22-13-17/h2-8,13H,9-12,14-15H2,1H3,(H,23,24). The van der Waals surface area contributed by atoms with E-state index in [-0.39, 0.29) is 24.2 Å². The minimum Gasteiger partial charge on any atom is -0.333 e. The molecular weight excluding hydrogens is 368 g/mol. The zero-order valence-corrected chi connectivity index (χ0v) is 16.4. The highest BCUT2D eigenvalue weighted by molar-refractivity contribution is 6.39. The number of aromatic nitrogens is 1. The monoisotopic (exact) mass is 392 g/mol. The fourth-order valence-electron chi connectivity index (χ4n) is 3.45. The number of amidine groups is 1. The van der Waals surface area contributed by atoms with Gasteiger partial charge in [0.25, 0.3) is 11.8 Å². The van der Waals surface area contributed by atoms with E-state index in [0.717, 1.165) is 30.8 Å². The summed E-state index contributed by atoms with van der Waals surface area (Å²) in [5.74, 6) is -0.145. The molecule has 150 valence electrons. The molecular formula is C21H24N6O2. The molecule has 0 bridgehead atoms. The van der Waals surface area contributed by atoms with Crippen LogP contribution in [-0.2, 0) is 16.1 Å². The van der Waals surface area contributed by atoms with Gasteiger partial charge >= 0.3 is 0 Å². The first-order valence-electron chi connectivity index (χ1n) is 9.71. The third-order valence-corrected chi connectivity index (χ3v) is 5.12. The van der Waals surface area contributed by atoms with Crippen molar-refractivity contribution in [3.8, 4) is 0 Å². The van der Waals surface area contributed by atoms with Crippen LogP contribution in [0, 0.1) is 6.92 Å². The van der Waals surface area contributed by atoms with Crippen molar-refractivity contribution in [2.75, 3.05) is 37.7 Å². The van der Waals surface area contributed by atoms with Gasteiger partial charge < -0.3 is 4.90 Å². The normalized spacial score (nSPS) is 17.7. The zero-order chi connectivity index (χ0) is 20.2. The summed E-state index contributed by atoms with van der Waals surface area (Å²) in [5.41, 5.74) is 5.87. The van der Waals surface area contributed by atoms with Gasteiger partial charge in [-0.2, -0.15) is 0 Å². The number of rotatable bonds is 4. The molecule has 8 heteroatoms. The van der Waals surface area contributed by atoms with E-state index < -0.39 is 0 Å². The molecule has 1 aromatic heterocycles. The molecule has 0 atom stereocenters. The maximum Gasteiger partial charge on any atom is 0.290 e. The number of hydrazine groups is 1. The summed E-state index contributed by atoms with van der Waals surface area (Å²) >= 11 is 0. The number of aliphatic imine (C=N–C) groups is 1. The summed E-state index contributed by atoms with van der Waals surface area (Å²) in [5, 5.41) is 1.40. The van der Waals surface area contributed by atoms with E-state index in [2.05, 4.69) is 26.4 Å². The number of hydrogen-bond acceptors (Lipinski definition) is 6. The van der Waals surface area contributed by atoms with Gasteiger partial charge in [0.2, 0.25) is 5.84 Å². The molecule has 29 heavy (non-hydrogen) atoms. The van der Waals surface area contributed by atoms with Gasteiger partial charge in [-0.15, -0.1) is 0 Å². The Morgan fingerprint density at radius 1 is 1.10 bits per heavy atom. The van der Waals surface area contributed by atoms with Crippen molar-refractivity contribution in [3.05, 3.63) is 59.9 Å². The molecule has 2 aromatic rings. The molecule has 2 aliphatic rings. The van der Waals surface area contributed by atoms with Crippen molar-refractivity contribution in [2.24, 2.45) is 4.99 Å².